The van der Waals surface area contributed by atoms with E-state index in [1.54, 1.807) is 12.1 Å². The normalized spacial score (nSPS) is 17.9. The zero-order chi connectivity index (χ0) is 18.4. The van der Waals surface area contributed by atoms with E-state index < -0.39 is 9.84 Å². The van der Waals surface area contributed by atoms with Gasteiger partial charge in [-0.05, 0) is 30.7 Å². The minimum absolute atomic E-state index is 0.00632. The van der Waals surface area contributed by atoms with Gasteiger partial charge in [-0.3, -0.25) is 4.79 Å². The molecule has 2 aromatic carbocycles. The van der Waals surface area contributed by atoms with Crippen molar-refractivity contribution in [3.05, 3.63) is 65.7 Å². The molecular formula is C20H19NO3S2. The van der Waals surface area contributed by atoms with E-state index in [-0.39, 0.29) is 29.2 Å². The molecule has 1 atom stereocenters. The van der Waals surface area contributed by atoms with Gasteiger partial charge in [0, 0.05) is 15.7 Å². The maximum absolute atomic E-state index is 12.5. The number of carbonyl (C=O) groups is 1. The first-order valence-corrected chi connectivity index (χ1v) is 11.0. The Bertz CT molecular complexity index is 944. The van der Waals surface area contributed by atoms with Gasteiger partial charge in [-0.25, -0.2) is 8.42 Å². The Morgan fingerprint density at radius 2 is 1.85 bits per heavy atom. The third-order valence-electron chi connectivity index (χ3n) is 3.96. The van der Waals surface area contributed by atoms with E-state index in [1.165, 1.54) is 11.8 Å². The molecule has 0 spiro atoms. The molecule has 0 radical (unpaired) electrons. The number of nitrogens with one attached hydrogen (secondary N) is 1. The molecule has 4 nitrogen and oxygen atoms in total. The van der Waals surface area contributed by atoms with Gasteiger partial charge in [-0.2, -0.15) is 0 Å². The number of rotatable bonds is 4. The molecule has 1 aliphatic heterocycles. The summed E-state index contributed by atoms with van der Waals surface area (Å²) in [5.74, 6) is 6.14. The molecule has 1 N–H and O–H groups in total. The summed E-state index contributed by atoms with van der Waals surface area (Å²) in [5.41, 5.74) is 1.46. The van der Waals surface area contributed by atoms with E-state index in [4.69, 9.17) is 0 Å². The van der Waals surface area contributed by atoms with E-state index in [9.17, 15) is 13.2 Å². The summed E-state index contributed by atoms with van der Waals surface area (Å²) in [6.07, 6.45) is 0.630. The summed E-state index contributed by atoms with van der Waals surface area (Å²) in [5, 5.41) is 2.81. The van der Waals surface area contributed by atoms with Gasteiger partial charge >= 0.3 is 0 Å². The molecule has 0 bridgehead atoms. The molecule has 3 rings (SSSR count). The lowest BCUT2D eigenvalue weighted by Gasteiger charge is -2.12. The zero-order valence-electron chi connectivity index (χ0n) is 14.1. The average molecular weight is 386 g/mol. The van der Waals surface area contributed by atoms with Gasteiger partial charge in [0.2, 0.25) is 0 Å². The van der Waals surface area contributed by atoms with Crippen LogP contribution in [0.4, 0.5) is 0 Å². The molecule has 1 unspecified atom stereocenters. The Morgan fingerprint density at radius 3 is 2.58 bits per heavy atom. The van der Waals surface area contributed by atoms with Crippen molar-refractivity contribution in [1.82, 2.24) is 5.32 Å². The van der Waals surface area contributed by atoms with Crippen LogP contribution in [-0.4, -0.2) is 37.6 Å². The highest BCUT2D eigenvalue weighted by molar-refractivity contribution is 8.02. The highest BCUT2D eigenvalue weighted by Gasteiger charge is 2.29. The average Bonchev–Trinajstić information content (AvgIpc) is 2.98. The summed E-state index contributed by atoms with van der Waals surface area (Å²) < 4.78 is 23.3. The van der Waals surface area contributed by atoms with Gasteiger partial charge in [-0.15, -0.1) is 11.8 Å². The lowest BCUT2D eigenvalue weighted by molar-refractivity contribution is 0.0956. The van der Waals surface area contributed by atoms with Crippen LogP contribution in [0, 0.1) is 11.8 Å². The molecule has 1 amide bonds. The van der Waals surface area contributed by atoms with Crippen molar-refractivity contribution < 1.29 is 13.2 Å². The molecule has 134 valence electrons. The molecule has 6 heteroatoms. The molecule has 2 aromatic rings. The van der Waals surface area contributed by atoms with Crippen LogP contribution in [0.3, 0.4) is 0 Å². The third-order valence-corrected chi connectivity index (χ3v) is 7.28. The largest absolute Gasteiger partial charge is 0.341 e. The first kappa shape index (κ1) is 18.6. The lowest BCUT2D eigenvalue weighted by Crippen LogP contribution is -2.24. The van der Waals surface area contributed by atoms with Crippen LogP contribution in [0.25, 0.3) is 0 Å². The predicted molar refractivity (Wildman–Crippen MR) is 105 cm³/mol. The Labute approximate surface area is 158 Å². The van der Waals surface area contributed by atoms with Crippen LogP contribution >= 0.6 is 11.8 Å². The highest BCUT2D eigenvalue weighted by Crippen LogP contribution is 2.32. The molecular weight excluding hydrogens is 366 g/mol. The third kappa shape index (κ3) is 5.13. The minimum atomic E-state index is -2.93. The number of amides is 1. The first-order valence-electron chi connectivity index (χ1n) is 8.32. The van der Waals surface area contributed by atoms with Crippen LogP contribution in [0.15, 0.2) is 59.5 Å². The van der Waals surface area contributed by atoms with E-state index in [1.807, 2.05) is 42.5 Å². The van der Waals surface area contributed by atoms with Gasteiger partial charge in [-0.1, -0.05) is 42.2 Å². The zero-order valence-corrected chi connectivity index (χ0v) is 15.8. The number of carbonyl (C=O) groups excluding carboxylic acids is 1. The fourth-order valence-electron chi connectivity index (χ4n) is 2.68. The highest BCUT2D eigenvalue weighted by atomic mass is 32.2. The van der Waals surface area contributed by atoms with Crippen molar-refractivity contribution >= 4 is 27.5 Å². The quantitative estimate of drug-likeness (QED) is 0.822. The molecule has 1 fully saturated rings. The Hall–Kier alpha value is -2.23. The molecule has 0 aliphatic carbocycles. The molecule has 1 saturated heterocycles. The molecule has 1 heterocycles. The van der Waals surface area contributed by atoms with Crippen LogP contribution in [0.2, 0.25) is 0 Å². The Morgan fingerprint density at radius 1 is 1.12 bits per heavy atom. The van der Waals surface area contributed by atoms with E-state index in [0.29, 0.717) is 12.0 Å². The van der Waals surface area contributed by atoms with Crippen LogP contribution < -0.4 is 5.32 Å². The van der Waals surface area contributed by atoms with Crippen molar-refractivity contribution in [3.63, 3.8) is 0 Å². The summed E-state index contributed by atoms with van der Waals surface area (Å²) in [4.78, 5) is 13.3. The maximum Gasteiger partial charge on any atom is 0.253 e. The standard InChI is InChI=1S/C20H19NO3S2/c22-20(21-13-6-9-16-7-2-1-3-8-16)18-10-4-5-11-19(18)25-17-12-14-26(23,24)15-17/h1-5,7-8,10-11,17H,12-15H2,(H,21,22). The number of benzene rings is 2. The van der Waals surface area contributed by atoms with Crippen LogP contribution in [0.1, 0.15) is 22.3 Å². The minimum Gasteiger partial charge on any atom is -0.341 e. The second kappa shape index (κ2) is 8.43. The van der Waals surface area contributed by atoms with Crippen molar-refractivity contribution in [2.45, 2.75) is 16.6 Å². The molecule has 0 saturated carbocycles. The predicted octanol–water partition coefficient (Wildman–Crippen LogP) is 2.75. The Balaban J connectivity index is 1.62. The number of thioether (sulfide) groups is 1. The fourth-order valence-corrected chi connectivity index (χ4v) is 6.30. The second-order valence-electron chi connectivity index (χ2n) is 5.99. The molecule has 1 aliphatic rings. The van der Waals surface area contributed by atoms with Gasteiger partial charge in [0.15, 0.2) is 9.84 Å². The van der Waals surface area contributed by atoms with Crippen molar-refractivity contribution in [1.29, 1.82) is 0 Å². The topological polar surface area (TPSA) is 63.2 Å². The van der Waals surface area contributed by atoms with Crippen molar-refractivity contribution in [2.24, 2.45) is 0 Å². The van der Waals surface area contributed by atoms with E-state index >= 15 is 0 Å². The summed E-state index contributed by atoms with van der Waals surface area (Å²) in [6, 6.07) is 16.9. The molecule has 0 aromatic heterocycles. The second-order valence-corrected chi connectivity index (χ2v) is 9.56. The van der Waals surface area contributed by atoms with Crippen molar-refractivity contribution in [3.8, 4) is 11.8 Å². The van der Waals surface area contributed by atoms with Gasteiger partial charge in [0.25, 0.3) is 5.91 Å². The lowest BCUT2D eigenvalue weighted by atomic mass is 10.2. The number of hydrogen-bond donors (Lipinski definition) is 1. The van der Waals surface area contributed by atoms with Crippen LogP contribution in [0.5, 0.6) is 0 Å². The van der Waals surface area contributed by atoms with E-state index in [2.05, 4.69) is 17.2 Å². The summed E-state index contributed by atoms with van der Waals surface area (Å²) in [7, 11) is -2.93. The van der Waals surface area contributed by atoms with E-state index in [0.717, 1.165) is 10.5 Å². The van der Waals surface area contributed by atoms with Crippen LogP contribution in [-0.2, 0) is 9.84 Å². The summed E-state index contributed by atoms with van der Waals surface area (Å²) in [6.45, 7) is 0.255. The van der Waals surface area contributed by atoms with Gasteiger partial charge < -0.3 is 5.32 Å². The maximum atomic E-state index is 12.5. The smallest absolute Gasteiger partial charge is 0.253 e. The van der Waals surface area contributed by atoms with Gasteiger partial charge in [0.1, 0.15) is 0 Å². The number of hydrogen-bond acceptors (Lipinski definition) is 4. The fraction of sp³-hybridized carbons (Fsp3) is 0.250. The first-order chi connectivity index (χ1) is 12.5. The SMILES string of the molecule is O=C(NCC#Cc1ccccc1)c1ccccc1SC1CCS(=O)(=O)C1. The molecule has 26 heavy (non-hydrogen) atoms. The van der Waals surface area contributed by atoms with Gasteiger partial charge in [0.05, 0.1) is 23.6 Å². The number of sulfone groups is 1. The van der Waals surface area contributed by atoms with Crippen molar-refractivity contribution in [2.75, 3.05) is 18.1 Å². The monoisotopic (exact) mass is 385 g/mol. The summed E-state index contributed by atoms with van der Waals surface area (Å²) >= 11 is 1.47. The Kier molecular flexibility index (Phi) is 6.02.